The second-order valence-corrected chi connectivity index (χ2v) is 9.41. The molecule has 0 spiro atoms. The molecule has 3 aromatic carbocycles. The molecule has 1 aliphatic rings. The van der Waals surface area contributed by atoms with Gasteiger partial charge in [0, 0.05) is 43.2 Å². The number of carbonyl (C=O) groups is 1. The number of hydrogen-bond donors (Lipinski definition) is 1. The fourth-order valence-electron chi connectivity index (χ4n) is 4.77. The second kappa shape index (κ2) is 12.0. The number of amides is 1. The van der Waals surface area contributed by atoms with Gasteiger partial charge < -0.3 is 34.5 Å². The summed E-state index contributed by atoms with van der Waals surface area (Å²) in [5.74, 6) is 3.06. The Hall–Kier alpha value is -4.73. The van der Waals surface area contributed by atoms with Crippen molar-refractivity contribution in [2.24, 2.45) is 0 Å². The van der Waals surface area contributed by atoms with Crippen LogP contribution in [0.25, 0.3) is 10.9 Å². The number of nitrogens with two attached hydrogens (primary N) is 1. The first-order valence-corrected chi connectivity index (χ1v) is 13.1. The zero-order valence-corrected chi connectivity index (χ0v) is 22.9. The van der Waals surface area contributed by atoms with Crippen LogP contribution >= 0.6 is 0 Å². The summed E-state index contributed by atoms with van der Waals surface area (Å²) >= 11 is 0. The van der Waals surface area contributed by atoms with Crippen LogP contribution in [-0.2, 0) is 6.61 Å². The first-order valence-electron chi connectivity index (χ1n) is 13.1. The van der Waals surface area contributed by atoms with Crippen molar-refractivity contribution in [3.8, 4) is 23.0 Å². The highest BCUT2D eigenvalue weighted by Crippen LogP contribution is 2.34. The topological polar surface area (TPSA) is 112 Å². The Bertz CT molecular complexity index is 1500. The molecule has 208 valence electrons. The molecule has 1 saturated heterocycles. The summed E-state index contributed by atoms with van der Waals surface area (Å²) in [5.41, 5.74) is 8.57. The largest absolute Gasteiger partial charge is 0.493 e. The van der Waals surface area contributed by atoms with E-state index in [4.69, 9.17) is 29.7 Å². The zero-order valence-electron chi connectivity index (χ0n) is 22.9. The van der Waals surface area contributed by atoms with Gasteiger partial charge in [-0.2, -0.15) is 4.98 Å². The molecule has 4 aromatic rings. The highest BCUT2D eigenvalue weighted by atomic mass is 16.5. The minimum atomic E-state index is -0.0643. The van der Waals surface area contributed by atoms with Crippen LogP contribution in [0.1, 0.15) is 22.3 Å². The van der Waals surface area contributed by atoms with E-state index < -0.39 is 0 Å². The Morgan fingerprint density at radius 1 is 0.825 bits per heavy atom. The number of carbonyl (C=O) groups excluding carboxylic acids is 1. The van der Waals surface area contributed by atoms with E-state index in [-0.39, 0.29) is 5.91 Å². The van der Waals surface area contributed by atoms with Crippen LogP contribution in [0.2, 0.25) is 0 Å². The van der Waals surface area contributed by atoms with Gasteiger partial charge in [-0.05, 0) is 36.2 Å². The highest BCUT2D eigenvalue weighted by Gasteiger charge is 2.24. The molecule has 0 aliphatic carbocycles. The van der Waals surface area contributed by atoms with Crippen molar-refractivity contribution in [1.82, 2.24) is 14.9 Å². The molecule has 0 saturated carbocycles. The lowest BCUT2D eigenvalue weighted by atomic mass is 10.1. The van der Waals surface area contributed by atoms with Gasteiger partial charge in [-0.3, -0.25) is 4.79 Å². The molecule has 2 heterocycles. The van der Waals surface area contributed by atoms with E-state index in [0.717, 1.165) is 12.0 Å². The number of anilines is 2. The fourth-order valence-corrected chi connectivity index (χ4v) is 4.77. The summed E-state index contributed by atoms with van der Waals surface area (Å²) < 4.78 is 22.3. The van der Waals surface area contributed by atoms with Gasteiger partial charge in [-0.25, -0.2) is 4.98 Å². The van der Waals surface area contributed by atoms with Gasteiger partial charge in [0.15, 0.2) is 23.0 Å². The first kappa shape index (κ1) is 26.9. The minimum absolute atomic E-state index is 0.0643. The smallest absolute Gasteiger partial charge is 0.254 e. The molecule has 40 heavy (non-hydrogen) atoms. The molecule has 10 nitrogen and oxygen atoms in total. The van der Waals surface area contributed by atoms with Crippen LogP contribution in [0, 0.1) is 0 Å². The average molecular weight is 544 g/mol. The van der Waals surface area contributed by atoms with E-state index in [0.29, 0.717) is 84.0 Å². The van der Waals surface area contributed by atoms with E-state index >= 15 is 0 Å². The number of fused-ring (bicyclic) bond motifs is 1. The number of nitrogen functional groups attached to an aromatic ring is 1. The maximum Gasteiger partial charge on any atom is 0.254 e. The molecule has 0 radical (unpaired) electrons. The lowest BCUT2D eigenvalue weighted by Gasteiger charge is -2.23. The van der Waals surface area contributed by atoms with E-state index in [2.05, 4.69) is 9.88 Å². The predicted octanol–water partition coefficient (Wildman–Crippen LogP) is 4.17. The summed E-state index contributed by atoms with van der Waals surface area (Å²) in [5, 5.41) is 0.693. The lowest BCUT2D eigenvalue weighted by molar-refractivity contribution is 0.0766. The number of methoxy groups -OCH3 is 3. The van der Waals surface area contributed by atoms with Crippen molar-refractivity contribution in [3.05, 3.63) is 71.8 Å². The van der Waals surface area contributed by atoms with Gasteiger partial charge in [-0.15, -0.1) is 0 Å². The number of rotatable bonds is 8. The summed E-state index contributed by atoms with van der Waals surface area (Å²) in [6.45, 7) is 2.80. The molecule has 0 unspecified atom stereocenters. The number of benzene rings is 3. The minimum Gasteiger partial charge on any atom is -0.493 e. The molecule has 1 fully saturated rings. The van der Waals surface area contributed by atoms with E-state index in [1.807, 2.05) is 35.2 Å². The third-order valence-electron chi connectivity index (χ3n) is 6.93. The van der Waals surface area contributed by atoms with Gasteiger partial charge >= 0.3 is 0 Å². The summed E-state index contributed by atoms with van der Waals surface area (Å²) in [4.78, 5) is 26.7. The molecular formula is C30H33N5O5. The molecular weight excluding hydrogens is 510 g/mol. The van der Waals surface area contributed by atoms with Crippen LogP contribution in [-0.4, -0.2) is 68.3 Å². The summed E-state index contributed by atoms with van der Waals surface area (Å²) in [7, 11) is 4.73. The van der Waals surface area contributed by atoms with Crippen LogP contribution in [0.4, 0.5) is 11.8 Å². The van der Waals surface area contributed by atoms with Crippen LogP contribution < -0.4 is 29.6 Å². The molecule has 0 bridgehead atoms. The summed E-state index contributed by atoms with van der Waals surface area (Å²) in [6.07, 6.45) is 0.758. The average Bonchev–Trinajstić information content (AvgIpc) is 3.26. The Labute approximate surface area is 233 Å². The second-order valence-electron chi connectivity index (χ2n) is 9.41. The molecule has 1 aliphatic heterocycles. The quantitative estimate of drug-likeness (QED) is 0.350. The zero-order chi connectivity index (χ0) is 28.1. The number of nitrogens with zero attached hydrogens (tertiary/aromatic N) is 4. The van der Waals surface area contributed by atoms with Crippen molar-refractivity contribution < 1.29 is 23.7 Å². The third-order valence-corrected chi connectivity index (χ3v) is 6.93. The fraction of sp³-hybridized carbons (Fsp3) is 0.300. The predicted molar refractivity (Wildman–Crippen MR) is 154 cm³/mol. The Morgan fingerprint density at radius 2 is 1.55 bits per heavy atom. The maximum atomic E-state index is 13.4. The van der Waals surface area contributed by atoms with Gasteiger partial charge in [0.2, 0.25) is 5.95 Å². The van der Waals surface area contributed by atoms with Gasteiger partial charge in [0.25, 0.3) is 5.91 Å². The normalized spacial score (nSPS) is 13.6. The Morgan fingerprint density at radius 3 is 2.30 bits per heavy atom. The van der Waals surface area contributed by atoms with E-state index in [1.165, 1.54) is 0 Å². The molecule has 0 atom stereocenters. The van der Waals surface area contributed by atoms with Crippen LogP contribution in [0.3, 0.4) is 0 Å². The van der Waals surface area contributed by atoms with Crippen molar-refractivity contribution in [2.45, 2.75) is 13.0 Å². The SMILES string of the molecule is COc1cc2nc(N3CCCN(C(=O)c4ccc(OCc5ccccc5)c(OC)c4)CC3)nc(N)c2cc1OC. The highest BCUT2D eigenvalue weighted by molar-refractivity contribution is 5.95. The molecule has 1 aromatic heterocycles. The van der Waals surface area contributed by atoms with Gasteiger partial charge in [0.1, 0.15) is 12.4 Å². The van der Waals surface area contributed by atoms with Crippen molar-refractivity contribution in [1.29, 1.82) is 0 Å². The van der Waals surface area contributed by atoms with Gasteiger partial charge in [0.05, 0.1) is 26.8 Å². The third kappa shape index (κ3) is 5.66. The molecule has 5 rings (SSSR count). The summed E-state index contributed by atoms with van der Waals surface area (Å²) in [6, 6.07) is 18.8. The Kier molecular flexibility index (Phi) is 8.04. The molecule has 2 N–H and O–H groups in total. The maximum absolute atomic E-state index is 13.4. The van der Waals surface area contributed by atoms with Crippen LogP contribution in [0.15, 0.2) is 60.7 Å². The Balaban J connectivity index is 1.29. The van der Waals surface area contributed by atoms with E-state index in [9.17, 15) is 4.79 Å². The number of ether oxygens (including phenoxy) is 4. The van der Waals surface area contributed by atoms with Crippen molar-refractivity contribution in [3.63, 3.8) is 0 Å². The van der Waals surface area contributed by atoms with Crippen LogP contribution in [0.5, 0.6) is 23.0 Å². The monoisotopic (exact) mass is 543 g/mol. The van der Waals surface area contributed by atoms with Crippen molar-refractivity contribution >= 4 is 28.6 Å². The molecule has 10 heteroatoms. The van der Waals surface area contributed by atoms with E-state index in [1.54, 1.807) is 51.7 Å². The number of aromatic nitrogens is 2. The lowest BCUT2D eigenvalue weighted by Crippen LogP contribution is -2.35. The number of hydrogen-bond acceptors (Lipinski definition) is 9. The first-order chi connectivity index (χ1) is 19.5. The van der Waals surface area contributed by atoms with Crippen molar-refractivity contribution in [2.75, 3.05) is 58.1 Å². The standard InChI is InChI=1S/C30H33N5O5/c1-37-25-16-21(10-11-24(25)40-19-20-8-5-4-6-9-20)29(36)34-12-7-13-35(15-14-34)30-32-23-18-27(39-3)26(38-2)17-22(23)28(31)33-30/h4-6,8-11,16-18H,7,12-15,19H2,1-3H3,(H2,31,32,33). The van der Waals surface area contributed by atoms with Gasteiger partial charge in [-0.1, -0.05) is 30.3 Å². The molecule has 1 amide bonds.